The number of rotatable bonds is 14. The van der Waals surface area contributed by atoms with Gasteiger partial charge in [0.25, 0.3) is 0 Å². The highest BCUT2D eigenvalue weighted by Crippen LogP contribution is 2.10. The first-order valence-corrected chi connectivity index (χ1v) is 8.03. The van der Waals surface area contributed by atoms with Crippen LogP contribution in [0.2, 0.25) is 0 Å². The van der Waals surface area contributed by atoms with E-state index in [9.17, 15) is 0 Å². The van der Waals surface area contributed by atoms with Crippen molar-refractivity contribution < 1.29 is 4.74 Å². The van der Waals surface area contributed by atoms with Crippen LogP contribution in [0.25, 0.3) is 0 Å². The Morgan fingerprint density at radius 1 is 0.944 bits per heavy atom. The molecule has 18 heavy (non-hydrogen) atoms. The smallest absolute Gasteiger partial charge is 0.0549 e. The third kappa shape index (κ3) is 13.8. The molecule has 1 atom stereocenters. The van der Waals surface area contributed by atoms with E-state index in [0.29, 0.717) is 6.10 Å². The van der Waals surface area contributed by atoms with Crippen LogP contribution in [0.1, 0.15) is 84.5 Å². The van der Waals surface area contributed by atoms with Crippen molar-refractivity contribution >= 4 is 0 Å². The van der Waals surface area contributed by atoms with Crippen LogP contribution in [0, 0.1) is 0 Å². The minimum absolute atomic E-state index is 0.400. The van der Waals surface area contributed by atoms with E-state index in [2.05, 4.69) is 20.4 Å². The van der Waals surface area contributed by atoms with E-state index in [0.717, 1.165) is 19.4 Å². The van der Waals surface area contributed by atoms with E-state index >= 15 is 0 Å². The van der Waals surface area contributed by atoms with Crippen LogP contribution in [0.3, 0.4) is 0 Å². The number of unbranched alkanes of at least 4 members (excludes halogenated alkanes) is 8. The summed E-state index contributed by atoms with van der Waals surface area (Å²) in [6.07, 6.45) is 17.0. The Kier molecular flexibility index (Phi) is 14.5. The van der Waals surface area contributed by atoms with Gasteiger partial charge in [-0.3, -0.25) is 0 Å². The molecule has 1 unspecified atom stereocenters. The topological polar surface area (TPSA) is 9.23 Å². The van der Waals surface area contributed by atoms with E-state index in [-0.39, 0.29) is 0 Å². The van der Waals surface area contributed by atoms with Crippen molar-refractivity contribution in [1.82, 2.24) is 0 Å². The standard InChI is InChI=1S/C17H34O/c1-4-6-8-9-10-11-12-13-14-16-18-17(3)15-7-5-2/h5,17H,2,4,6-16H2,1,3H3. The molecule has 1 heteroatoms. The number of hydrogen-bond donors (Lipinski definition) is 0. The fourth-order valence-electron chi connectivity index (χ4n) is 2.13. The third-order valence-corrected chi connectivity index (χ3v) is 3.43. The van der Waals surface area contributed by atoms with E-state index in [1.54, 1.807) is 0 Å². The Hall–Kier alpha value is -0.300. The van der Waals surface area contributed by atoms with Gasteiger partial charge in [0.15, 0.2) is 0 Å². The van der Waals surface area contributed by atoms with Crippen molar-refractivity contribution in [2.45, 2.75) is 90.6 Å². The molecule has 0 aromatic heterocycles. The molecule has 0 aromatic rings. The molecule has 0 spiro atoms. The molecule has 0 fully saturated rings. The SMILES string of the molecule is C=CCCC(C)OCCCCCCCCCCC. The zero-order valence-corrected chi connectivity index (χ0v) is 12.8. The first-order chi connectivity index (χ1) is 8.81. The van der Waals surface area contributed by atoms with E-state index < -0.39 is 0 Å². The number of hydrogen-bond acceptors (Lipinski definition) is 1. The summed E-state index contributed by atoms with van der Waals surface area (Å²) in [5.74, 6) is 0. The lowest BCUT2D eigenvalue weighted by atomic mass is 10.1. The summed E-state index contributed by atoms with van der Waals surface area (Å²) in [5, 5.41) is 0. The zero-order chi connectivity index (χ0) is 13.5. The molecule has 0 radical (unpaired) electrons. The van der Waals surface area contributed by atoms with E-state index in [1.165, 1.54) is 57.8 Å². The molecule has 0 heterocycles. The van der Waals surface area contributed by atoms with Gasteiger partial charge in [0, 0.05) is 6.61 Å². The van der Waals surface area contributed by atoms with Crippen molar-refractivity contribution in [3.63, 3.8) is 0 Å². The zero-order valence-electron chi connectivity index (χ0n) is 12.8. The Bertz CT molecular complexity index is 165. The van der Waals surface area contributed by atoms with Crippen molar-refractivity contribution in [3.8, 4) is 0 Å². The third-order valence-electron chi connectivity index (χ3n) is 3.43. The first-order valence-electron chi connectivity index (χ1n) is 8.03. The lowest BCUT2D eigenvalue weighted by Crippen LogP contribution is -2.08. The number of ether oxygens (including phenoxy) is 1. The van der Waals surface area contributed by atoms with Crippen LogP contribution in [0.5, 0.6) is 0 Å². The predicted octanol–water partition coefficient (Wildman–Crippen LogP) is 5.89. The highest BCUT2D eigenvalue weighted by atomic mass is 16.5. The molecule has 108 valence electrons. The van der Waals surface area contributed by atoms with Gasteiger partial charge in [-0.05, 0) is 26.2 Å². The van der Waals surface area contributed by atoms with Gasteiger partial charge in [-0.15, -0.1) is 6.58 Å². The van der Waals surface area contributed by atoms with Gasteiger partial charge in [-0.25, -0.2) is 0 Å². The molecule has 0 aromatic carbocycles. The van der Waals surface area contributed by atoms with Crippen LogP contribution >= 0.6 is 0 Å². The molecule has 0 saturated heterocycles. The van der Waals surface area contributed by atoms with Crippen molar-refractivity contribution in [2.75, 3.05) is 6.61 Å². The molecule has 0 aliphatic rings. The second kappa shape index (κ2) is 14.8. The fourth-order valence-corrected chi connectivity index (χ4v) is 2.13. The molecule has 1 nitrogen and oxygen atoms in total. The van der Waals surface area contributed by atoms with Gasteiger partial charge in [0.2, 0.25) is 0 Å². The van der Waals surface area contributed by atoms with Crippen LogP contribution in [0.15, 0.2) is 12.7 Å². The maximum Gasteiger partial charge on any atom is 0.0549 e. The molecule has 0 amide bonds. The van der Waals surface area contributed by atoms with Crippen molar-refractivity contribution in [3.05, 3.63) is 12.7 Å². The molecule has 0 bridgehead atoms. The predicted molar refractivity (Wildman–Crippen MR) is 82.1 cm³/mol. The summed E-state index contributed by atoms with van der Waals surface area (Å²) in [5.41, 5.74) is 0. The van der Waals surface area contributed by atoms with Crippen LogP contribution in [0.4, 0.5) is 0 Å². The lowest BCUT2D eigenvalue weighted by molar-refractivity contribution is 0.0582. The monoisotopic (exact) mass is 254 g/mol. The Morgan fingerprint density at radius 2 is 1.50 bits per heavy atom. The molecule has 0 aliphatic heterocycles. The van der Waals surface area contributed by atoms with Gasteiger partial charge in [-0.1, -0.05) is 64.4 Å². The quantitative estimate of drug-likeness (QED) is 0.277. The summed E-state index contributed by atoms with van der Waals surface area (Å²) in [6, 6.07) is 0. The van der Waals surface area contributed by atoms with Crippen LogP contribution in [-0.2, 0) is 4.74 Å². The summed E-state index contributed by atoms with van der Waals surface area (Å²) in [7, 11) is 0. The summed E-state index contributed by atoms with van der Waals surface area (Å²) in [4.78, 5) is 0. The molecule has 0 aliphatic carbocycles. The Labute approximate surface area is 115 Å². The molecular weight excluding hydrogens is 220 g/mol. The molecule has 0 N–H and O–H groups in total. The van der Waals surface area contributed by atoms with Gasteiger partial charge < -0.3 is 4.74 Å². The average molecular weight is 254 g/mol. The fraction of sp³-hybridized carbons (Fsp3) is 0.882. The van der Waals surface area contributed by atoms with Crippen LogP contribution in [-0.4, -0.2) is 12.7 Å². The molecular formula is C17H34O. The van der Waals surface area contributed by atoms with Gasteiger partial charge in [-0.2, -0.15) is 0 Å². The second-order valence-electron chi connectivity index (χ2n) is 5.38. The van der Waals surface area contributed by atoms with Gasteiger partial charge in [0.1, 0.15) is 0 Å². The van der Waals surface area contributed by atoms with E-state index in [4.69, 9.17) is 4.74 Å². The summed E-state index contributed by atoms with van der Waals surface area (Å²) >= 11 is 0. The van der Waals surface area contributed by atoms with Crippen molar-refractivity contribution in [1.29, 1.82) is 0 Å². The minimum atomic E-state index is 0.400. The first kappa shape index (κ1) is 17.7. The van der Waals surface area contributed by atoms with Gasteiger partial charge >= 0.3 is 0 Å². The average Bonchev–Trinajstić information content (AvgIpc) is 2.38. The molecule has 0 saturated carbocycles. The number of allylic oxidation sites excluding steroid dienone is 1. The normalized spacial score (nSPS) is 12.6. The lowest BCUT2D eigenvalue weighted by Gasteiger charge is -2.11. The second-order valence-corrected chi connectivity index (χ2v) is 5.38. The maximum atomic E-state index is 5.76. The van der Waals surface area contributed by atoms with E-state index in [1.807, 2.05) is 6.08 Å². The minimum Gasteiger partial charge on any atom is -0.378 e. The maximum absolute atomic E-state index is 5.76. The summed E-state index contributed by atoms with van der Waals surface area (Å²) in [6.45, 7) is 9.11. The van der Waals surface area contributed by atoms with Gasteiger partial charge in [0.05, 0.1) is 6.10 Å². The highest BCUT2D eigenvalue weighted by molar-refractivity contribution is 4.67. The Morgan fingerprint density at radius 3 is 2.06 bits per heavy atom. The van der Waals surface area contributed by atoms with Crippen molar-refractivity contribution in [2.24, 2.45) is 0 Å². The Balaban J connectivity index is 3.04. The largest absolute Gasteiger partial charge is 0.378 e. The summed E-state index contributed by atoms with van der Waals surface area (Å²) < 4.78 is 5.76. The molecule has 0 rings (SSSR count). The van der Waals surface area contributed by atoms with Crippen LogP contribution < -0.4 is 0 Å². The highest BCUT2D eigenvalue weighted by Gasteiger charge is 1.99.